The van der Waals surface area contributed by atoms with Crippen LogP contribution < -0.4 is 5.32 Å². The molecule has 0 amide bonds. The number of rotatable bonds is 5. The fourth-order valence-electron chi connectivity index (χ4n) is 4.00. The van der Waals surface area contributed by atoms with Gasteiger partial charge in [-0.25, -0.2) is 19.7 Å². The van der Waals surface area contributed by atoms with Crippen molar-refractivity contribution >= 4 is 53.1 Å². The minimum Gasteiger partial charge on any atom is -0.478 e. The van der Waals surface area contributed by atoms with E-state index in [9.17, 15) is 4.79 Å². The first-order valence-corrected chi connectivity index (χ1v) is 11.5. The molecule has 154 valence electrons. The maximum atomic E-state index is 11.1. The van der Waals surface area contributed by atoms with Crippen LogP contribution in [-0.4, -0.2) is 42.3 Å². The van der Waals surface area contributed by atoms with Crippen LogP contribution in [-0.2, 0) is 6.54 Å². The minimum absolute atomic E-state index is 0.143. The molecule has 0 saturated heterocycles. The van der Waals surface area contributed by atoms with Crippen molar-refractivity contribution in [1.29, 1.82) is 0 Å². The number of anilines is 1. The van der Waals surface area contributed by atoms with Gasteiger partial charge >= 0.3 is 5.97 Å². The number of carbonyl (C=O) groups is 1. The summed E-state index contributed by atoms with van der Waals surface area (Å²) in [7, 11) is 2.98. The van der Waals surface area contributed by atoms with E-state index in [2.05, 4.69) is 42.7 Å². The first kappa shape index (κ1) is 19.4. The molecule has 3 aromatic heterocycles. The Kier molecular flexibility index (Phi) is 5.13. The maximum Gasteiger partial charge on any atom is 0.337 e. The molecule has 0 aliphatic heterocycles. The number of carboxylic acids is 1. The number of fused-ring (bicyclic) bond motifs is 2. The number of nitrogens with zero attached hydrogens (tertiary/aromatic N) is 4. The number of nitrogens with one attached hydrogen (secondary N) is 1. The van der Waals surface area contributed by atoms with Gasteiger partial charge in [0.2, 0.25) is 0 Å². The summed E-state index contributed by atoms with van der Waals surface area (Å²) in [6.07, 6.45) is 8.11. The molecule has 1 saturated carbocycles. The second-order valence-electron chi connectivity index (χ2n) is 7.76. The number of aromatic nitrogens is 4. The van der Waals surface area contributed by atoms with Gasteiger partial charge in [0.05, 0.1) is 28.7 Å². The van der Waals surface area contributed by atoms with Gasteiger partial charge in [0.15, 0.2) is 10.8 Å². The van der Waals surface area contributed by atoms with Gasteiger partial charge in [-0.1, -0.05) is 30.2 Å². The van der Waals surface area contributed by atoms with Crippen molar-refractivity contribution in [3.63, 3.8) is 0 Å². The predicted molar refractivity (Wildman–Crippen MR) is 123 cm³/mol. The summed E-state index contributed by atoms with van der Waals surface area (Å²) < 4.78 is 3.08. The average molecular weight is 439 g/mol. The topological polar surface area (TPSA) is 92.9 Å². The standard InChI is InChI=1S/C21H22N5O2PS/c27-20(28)13-8-16-19(22-9-13)26(11-23-16)10-12-5-6-15-18(7-12)30-21(25-15)24-14-3-1-2-4-17(14)29/h5-9,11,14,17H,1-4,10,29H2,(H,24,25)(H,27,28). The lowest BCUT2D eigenvalue weighted by Crippen LogP contribution is -2.32. The third-order valence-corrected chi connectivity index (χ3v) is 7.38. The molecule has 3 atom stereocenters. The predicted octanol–water partition coefficient (Wildman–Crippen LogP) is 4.39. The number of imidazole rings is 1. The highest BCUT2D eigenvalue weighted by Crippen LogP contribution is 2.32. The molecule has 3 heterocycles. The minimum atomic E-state index is -1.000. The first-order valence-electron chi connectivity index (χ1n) is 10.0. The van der Waals surface area contributed by atoms with E-state index in [1.54, 1.807) is 23.7 Å². The number of thiazole rings is 1. The van der Waals surface area contributed by atoms with Crippen LogP contribution in [0.15, 0.2) is 36.8 Å². The lowest BCUT2D eigenvalue weighted by Gasteiger charge is -2.29. The molecule has 7 nitrogen and oxygen atoms in total. The summed E-state index contributed by atoms with van der Waals surface area (Å²) >= 11 is 1.69. The number of carboxylic acid groups (broad SMARTS) is 1. The Morgan fingerprint density at radius 2 is 2.10 bits per heavy atom. The summed E-state index contributed by atoms with van der Waals surface area (Å²) in [5.41, 5.74) is 4.13. The Balaban J connectivity index is 1.37. The zero-order valence-electron chi connectivity index (χ0n) is 16.3. The molecule has 1 aliphatic carbocycles. The summed E-state index contributed by atoms with van der Waals surface area (Å²) in [6, 6.07) is 8.32. The van der Waals surface area contributed by atoms with E-state index in [-0.39, 0.29) is 5.56 Å². The summed E-state index contributed by atoms with van der Waals surface area (Å²) in [5.74, 6) is -1.000. The molecular weight excluding hydrogens is 417 g/mol. The molecule has 2 N–H and O–H groups in total. The second-order valence-corrected chi connectivity index (χ2v) is 9.65. The lowest BCUT2D eigenvalue weighted by atomic mass is 9.95. The smallest absolute Gasteiger partial charge is 0.337 e. The molecule has 1 fully saturated rings. The van der Waals surface area contributed by atoms with Gasteiger partial charge in [-0.05, 0) is 42.3 Å². The first-order chi connectivity index (χ1) is 14.6. The molecule has 1 aromatic carbocycles. The monoisotopic (exact) mass is 439 g/mol. The lowest BCUT2D eigenvalue weighted by molar-refractivity contribution is 0.0696. The fraction of sp³-hybridized carbons (Fsp3) is 0.333. The SMILES string of the molecule is O=C(O)c1cnc2c(c1)ncn2Cc1ccc2nc(NC3CCCCC3P)sc2c1. The number of hydrogen-bond acceptors (Lipinski definition) is 6. The highest BCUT2D eigenvalue weighted by atomic mass is 32.1. The van der Waals surface area contributed by atoms with Crippen molar-refractivity contribution < 1.29 is 9.90 Å². The van der Waals surface area contributed by atoms with E-state index in [1.165, 1.54) is 31.9 Å². The molecule has 0 spiro atoms. The molecule has 5 rings (SSSR count). The van der Waals surface area contributed by atoms with Gasteiger partial charge in [-0.2, -0.15) is 0 Å². The van der Waals surface area contributed by atoms with Gasteiger partial charge in [0, 0.05) is 12.2 Å². The number of benzene rings is 1. The highest BCUT2D eigenvalue weighted by Gasteiger charge is 2.22. The van der Waals surface area contributed by atoms with E-state index in [4.69, 9.17) is 10.1 Å². The molecule has 1 aliphatic rings. The van der Waals surface area contributed by atoms with Crippen molar-refractivity contribution in [2.75, 3.05) is 5.32 Å². The average Bonchev–Trinajstić information content (AvgIpc) is 3.32. The van der Waals surface area contributed by atoms with Gasteiger partial charge in [0.1, 0.15) is 5.52 Å². The molecular formula is C21H22N5O2PS. The van der Waals surface area contributed by atoms with Crippen LogP contribution >= 0.6 is 20.6 Å². The van der Waals surface area contributed by atoms with Crippen LogP contribution in [0.1, 0.15) is 41.6 Å². The van der Waals surface area contributed by atoms with Crippen LogP contribution in [0.5, 0.6) is 0 Å². The van der Waals surface area contributed by atoms with Crippen molar-refractivity contribution in [2.45, 2.75) is 43.9 Å². The van der Waals surface area contributed by atoms with Crippen LogP contribution in [0.2, 0.25) is 0 Å². The van der Waals surface area contributed by atoms with Crippen LogP contribution in [0, 0.1) is 0 Å². The Labute approximate surface area is 179 Å². The van der Waals surface area contributed by atoms with Gasteiger partial charge in [-0.15, -0.1) is 9.24 Å². The Hall–Kier alpha value is -2.57. The quantitative estimate of drug-likeness (QED) is 0.448. The summed E-state index contributed by atoms with van der Waals surface area (Å²) in [4.78, 5) is 24.5. The number of aromatic carboxylic acids is 1. The Morgan fingerprint density at radius 3 is 2.93 bits per heavy atom. The maximum absolute atomic E-state index is 11.1. The normalized spacial score (nSPS) is 19.4. The van der Waals surface area contributed by atoms with Crippen LogP contribution in [0.25, 0.3) is 21.4 Å². The Bertz CT molecular complexity index is 1240. The zero-order chi connectivity index (χ0) is 20.7. The van der Waals surface area contributed by atoms with E-state index in [0.29, 0.717) is 29.4 Å². The Morgan fingerprint density at radius 1 is 1.23 bits per heavy atom. The molecule has 3 unspecified atom stereocenters. The van der Waals surface area contributed by atoms with Gasteiger partial charge < -0.3 is 15.0 Å². The largest absolute Gasteiger partial charge is 0.478 e. The molecule has 0 bridgehead atoms. The van der Waals surface area contributed by atoms with Crippen LogP contribution in [0.4, 0.5) is 5.13 Å². The van der Waals surface area contributed by atoms with E-state index >= 15 is 0 Å². The second kappa shape index (κ2) is 7.93. The third-order valence-electron chi connectivity index (χ3n) is 5.64. The van der Waals surface area contributed by atoms with Gasteiger partial charge in [0.25, 0.3) is 0 Å². The highest BCUT2D eigenvalue weighted by molar-refractivity contribution is 7.22. The van der Waals surface area contributed by atoms with Crippen molar-refractivity contribution in [2.24, 2.45) is 0 Å². The zero-order valence-corrected chi connectivity index (χ0v) is 18.3. The number of hydrogen-bond donors (Lipinski definition) is 2. The van der Waals surface area contributed by atoms with Crippen molar-refractivity contribution in [3.8, 4) is 0 Å². The third kappa shape index (κ3) is 3.77. The number of pyridine rings is 1. The molecule has 30 heavy (non-hydrogen) atoms. The van der Waals surface area contributed by atoms with E-state index < -0.39 is 5.97 Å². The van der Waals surface area contributed by atoms with Gasteiger partial charge in [-0.3, -0.25) is 0 Å². The molecule has 4 aromatic rings. The summed E-state index contributed by atoms with van der Waals surface area (Å²) in [6.45, 7) is 0.614. The molecule has 9 heteroatoms. The summed E-state index contributed by atoms with van der Waals surface area (Å²) in [5, 5.41) is 13.7. The van der Waals surface area contributed by atoms with E-state index in [1.807, 2.05) is 4.57 Å². The van der Waals surface area contributed by atoms with Crippen LogP contribution in [0.3, 0.4) is 0 Å². The van der Waals surface area contributed by atoms with Crippen molar-refractivity contribution in [3.05, 3.63) is 47.9 Å². The molecule has 0 radical (unpaired) electrons. The fourth-order valence-corrected chi connectivity index (χ4v) is 5.52. The van der Waals surface area contributed by atoms with Crippen molar-refractivity contribution in [1.82, 2.24) is 19.5 Å². The van der Waals surface area contributed by atoms with E-state index in [0.717, 1.165) is 20.9 Å².